The van der Waals surface area contributed by atoms with E-state index in [2.05, 4.69) is 27.0 Å². The quantitative estimate of drug-likeness (QED) is 0.588. The molecule has 0 radical (unpaired) electrons. The van der Waals surface area contributed by atoms with Crippen molar-refractivity contribution in [3.8, 4) is 6.07 Å². The number of halogens is 1. The van der Waals surface area contributed by atoms with Gasteiger partial charge in [-0.3, -0.25) is 0 Å². The van der Waals surface area contributed by atoms with Crippen LogP contribution in [-0.2, 0) is 9.31 Å². The Morgan fingerprint density at radius 3 is 2.28 bits per heavy atom. The Bertz CT molecular complexity index is 509. The number of hydrogen-bond acceptors (Lipinski definition) is 4. The number of rotatable bonds is 1. The lowest BCUT2D eigenvalue weighted by atomic mass is 9.83. The van der Waals surface area contributed by atoms with Crippen molar-refractivity contribution in [3.63, 3.8) is 0 Å². The van der Waals surface area contributed by atoms with E-state index >= 15 is 0 Å². The highest BCUT2D eigenvalue weighted by Crippen LogP contribution is 2.36. The zero-order valence-corrected chi connectivity index (χ0v) is 12.4. The molecule has 1 aliphatic heterocycles. The highest BCUT2D eigenvalue weighted by molar-refractivity contribution is 9.10. The number of hydrogen-bond donors (Lipinski definition) is 0. The summed E-state index contributed by atoms with van der Waals surface area (Å²) in [5, 5.41) is 8.95. The molecule has 0 aromatic carbocycles. The van der Waals surface area contributed by atoms with Gasteiger partial charge in [0.25, 0.3) is 0 Å². The highest BCUT2D eigenvalue weighted by atomic mass is 79.9. The molecular formula is C12H14BBrN2O2. The lowest BCUT2D eigenvalue weighted by molar-refractivity contribution is 0.00578. The van der Waals surface area contributed by atoms with E-state index in [4.69, 9.17) is 14.6 Å². The van der Waals surface area contributed by atoms with Gasteiger partial charge in [-0.25, -0.2) is 4.98 Å². The van der Waals surface area contributed by atoms with Crippen molar-refractivity contribution in [2.24, 2.45) is 0 Å². The van der Waals surface area contributed by atoms with Crippen molar-refractivity contribution in [3.05, 3.63) is 22.3 Å². The Morgan fingerprint density at radius 2 is 1.78 bits per heavy atom. The molecule has 4 nitrogen and oxygen atoms in total. The van der Waals surface area contributed by atoms with E-state index < -0.39 is 18.3 Å². The van der Waals surface area contributed by atoms with Crippen LogP contribution < -0.4 is 5.59 Å². The molecule has 1 aliphatic rings. The van der Waals surface area contributed by atoms with Gasteiger partial charge in [0.1, 0.15) is 4.60 Å². The van der Waals surface area contributed by atoms with E-state index in [0.29, 0.717) is 15.8 Å². The van der Waals surface area contributed by atoms with Gasteiger partial charge in [-0.15, -0.1) is 0 Å². The SMILES string of the molecule is CC1(C)OB(c2cc(C#N)cc(Br)n2)OC1(C)C. The molecule has 0 saturated carbocycles. The van der Waals surface area contributed by atoms with Crippen molar-refractivity contribution in [2.45, 2.75) is 38.9 Å². The van der Waals surface area contributed by atoms with Crippen molar-refractivity contribution < 1.29 is 9.31 Å². The Kier molecular flexibility index (Phi) is 3.26. The minimum atomic E-state index is -0.542. The molecule has 1 aromatic heterocycles. The fourth-order valence-corrected chi connectivity index (χ4v) is 2.12. The fraction of sp³-hybridized carbons (Fsp3) is 0.500. The molecule has 1 fully saturated rings. The molecule has 1 saturated heterocycles. The maximum atomic E-state index is 8.95. The van der Waals surface area contributed by atoms with E-state index in [1.807, 2.05) is 27.7 Å². The molecule has 0 amide bonds. The van der Waals surface area contributed by atoms with Gasteiger partial charge in [0.15, 0.2) is 0 Å². The lowest BCUT2D eigenvalue weighted by Crippen LogP contribution is -2.41. The van der Waals surface area contributed by atoms with Crippen LogP contribution in [0, 0.1) is 11.3 Å². The molecule has 0 spiro atoms. The monoisotopic (exact) mass is 308 g/mol. The summed E-state index contributed by atoms with van der Waals surface area (Å²) in [5.74, 6) is 0. The Morgan fingerprint density at radius 1 is 1.22 bits per heavy atom. The average Bonchev–Trinajstić information content (AvgIpc) is 2.47. The van der Waals surface area contributed by atoms with Gasteiger partial charge in [0.05, 0.1) is 28.4 Å². The van der Waals surface area contributed by atoms with Crippen molar-refractivity contribution in [2.75, 3.05) is 0 Å². The summed E-state index contributed by atoms with van der Waals surface area (Å²) in [7, 11) is -0.542. The zero-order valence-electron chi connectivity index (χ0n) is 10.8. The van der Waals surface area contributed by atoms with Crippen molar-refractivity contribution in [1.29, 1.82) is 5.26 Å². The third-order valence-electron chi connectivity index (χ3n) is 3.44. The molecule has 0 aliphatic carbocycles. The van der Waals surface area contributed by atoms with Crippen molar-refractivity contribution >= 4 is 28.6 Å². The maximum absolute atomic E-state index is 8.95. The molecule has 1 aromatic rings. The van der Waals surface area contributed by atoms with Crippen LogP contribution in [0.2, 0.25) is 0 Å². The standard InChI is InChI=1S/C12H14BBrN2O2/c1-11(2)12(3,4)18-13(17-11)9-5-8(7-15)6-10(14)16-9/h5-6H,1-4H3. The average molecular weight is 309 g/mol. The van der Waals surface area contributed by atoms with Gasteiger partial charge in [-0.2, -0.15) is 5.26 Å². The van der Waals surface area contributed by atoms with E-state index in [1.54, 1.807) is 12.1 Å². The largest absolute Gasteiger partial charge is 0.514 e. The first-order valence-electron chi connectivity index (χ1n) is 5.68. The number of aromatic nitrogens is 1. The number of nitrogens with zero attached hydrogens (tertiary/aromatic N) is 2. The second-order valence-corrected chi connectivity index (χ2v) is 6.12. The predicted octanol–water partition coefficient (Wildman–Crippen LogP) is 2.01. The fourth-order valence-electron chi connectivity index (χ4n) is 1.67. The summed E-state index contributed by atoms with van der Waals surface area (Å²) in [6.45, 7) is 7.93. The first-order chi connectivity index (χ1) is 8.25. The van der Waals surface area contributed by atoms with E-state index in [9.17, 15) is 0 Å². The summed E-state index contributed by atoms with van der Waals surface area (Å²) in [6, 6.07) is 5.44. The van der Waals surface area contributed by atoms with Crippen LogP contribution in [0.25, 0.3) is 0 Å². The Labute approximate surface area is 116 Å². The van der Waals surface area contributed by atoms with E-state index in [-0.39, 0.29) is 0 Å². The molecule has 94 valence electrons. The summed E-state index contributed by atoms with van der Waals surface area (Å²) < 4.78 is 12.4. The first-order valence-corrected chi connectivity index (χ1v) is 6.48. The highest BCUT2D eigenvalue weighted by Gasteiger charge is 2.52. The van der Waals surface area contributed by atoms with E-state index in [1.165, 1.54) is 0 Å². The zero-order chi connectivity index (χ0) is 13.6. The van der Waals surface area contributed by atoms with Crippen LogP contribution in [0.3, 0.4) is 0 Å². The summed E-state index contributed by atoms with van der Waals surface area (Å²) in [5.41, 5.74) is 0.323. The molecule has 18 heavy (non-hydrogen) atoms. The molecular weight excluding hydrogens is 295 g/mol. The molecule has 0 bridgehead atoms. The van der Waals surface area contributed by atoms with Gasteiger partial charge in [0.2, 0.25) is 0 Å². The van der Waals surface area contributed by atoms with Gasteiger partial charge >= 0.3 is 7.12 Å². The third kappa shape index (κ3) is 2.31. The van der Waals surface area contributed by atoms with Crippen LogP contribution in [-0.4, -0.2) is 23.3 Å². The minimum absolute atomic E-state index is 0.408. The summed E-state index contributed by atoms with van der Waals surface area (Å²) in [6.07, 6.45) is 0. The molecule has 0 atom stereocenters. The van der Waals surface area contributed by atoms with Crippen LogP contribution in [0.1, 0.15) is 33.3 Å². The molecule has 6 heteroatoms. The topological polar surface area (TPSA) is 55.1 Å². The van der Waals surface area contributed by atoms with Crippen molar-refractivity contribution in [1.82, 2.24) is 4.98 Å². The second kappa shape index (κ2) is 4.34. The van der Waals surface area contributed by atoms with Crippen LogP contribution >= 0.6 is 15.9 Å². The first kappa shape index (κ1) is 13.5. The third-order valence-corrected chi connectivity index (χ3v) is 3.84. The van der Waals surface area contributed by atoms with E-state index in [0.717, 1.165) is 0 Å². The smallest absolute Gasteiger partial charge is 0.398 e. The van der Waals surface area contributed by atoms with Gasteiger partial charge in [-0.1, -0.05) is 0 Å². The predicted molar refractivity (Wildman–Crippen MR) is 72.4 cm³/mol. The van der Waals surface area contributed by atoms with Crippen LogP contribution in [0.4, 0.5) is 0 Å². The van der Waals surface area contributed by atoms with Gasteiger partial charge < -0.3 is 9.31 Å². The second-order valence-electron chi connectivity index (χ2n) is 5.30. The van der Waals surface area contributed by atoms with Crippen LogP contribution in [0.5, 0.6) is 0 Å². The normalized spacial score (nSPS) is 20.8. The lowest BCUT2D eigenvalue weighted by Gasteiger charge is -2.32. The summed E-state index contributed by atoms with van der Waals surface area (Å²) in [4.78, 5) is 4.31. The summed E-state index contributed by atoms with van der Waals surface area (Å²) >= 11 is 3.28. The molecule has 2 rings (SSSR count). The molecule has 0 N–H and O–H groups in total. The number of nitriles is 1. The Balaban J connectivity index is 2.36. The maximum Gasteiger partial charge on any atom is 0.514 e. The van der Waals surface area contributed by atoms with Gasteiger partial charge in [-0.05, 0) is 55.8 Å². The molecule has 2 heterocycles. The van der Waals surface area contributed by atoms with Crippen LogP contribution in [0.15, 0.2) is 16.7 Å². The molecule has 0 unspecified atom stereocenters. The Hall–Kier alpha value is -0.895. The van der Waals surface area contributed by atoms with Gasteiger partial charge in [0, 0.05) is 0 Å². The number of pyridine rings is 1. The minimum Gasteiger partial charge on any atom is -0.398 e.